The Morgan fingerprint density at radius 2 is 1.97 bits per heavy atom. The number of H-pyrrole nitrogens is 1. The lowest BCUT2D eigenvalue weighted by Crippen LogP contribution is -2.32. The number of fused-ring (bicyclic) bond motifs is 2. The van der Waals surface area contributed by atoms with Crippen molar-refractivity contribution in [3.05, 3.63) is 71.4 Å². The topological polar surface area (TPSA) is 87.0 Å². The molecule has 0 saturated carbocycles. The Morgan fingerprint density at radius 1 is 1.06 bits per heavy atom. The minimum absolute atomic E-state index is 0.263. The van der Waals surface area contributed by atoms with Gasteiger partial charge >= 0.3 is 0 Å². The summed E-state index contributed by atoms with van der Waals surface area (Å²) in [5.41, 5.74) is 12.0. The van der Waals surface area contributed by atoms with E-state index in [9.17, 15) is 0 Å². The van der Waals surface area contributed by atoms with E-state index in [1.54, 1.807) is 6.20 Å². The Balaban J connectivity index is 1.37. The molecule has 4 aromatic rings. The Morgan fingerprint density at radius 3 is 2.87 bits per heavy atom. The number of aromatic nitrogens is 4. The van der Waals surface area contributed by atoms with Gasteiger partial charge in [-0.3, -0.25) is 5.10 Å². The fourth-order valence-electron chi connectivity index (χ4n) is 4.43. The number of aromatic amines is 1. The zero-order chi connectivity index (χ0) is 21.2. The molecule has 1 aliphatic rings. The van der Waals surface area contributed by atoms with Crippen molar-refractivity contribution in [2.75, 3.05) is 35.2 Å². The van der Waals surface area contributed by atoms with E-state index in [-0.39, 0.29) is 5.95 Å². The van der Waals surface area contributed by atoms with Crippen molar-refractivity contribution in [2.45, 2.75) is 26.3 Å². The molecule has 1 aliphatic heterocycles. The maximum atomic E-state index is 5.98. The number of nitrogens with zero attached hydrogens (tertiary/aromatic N) is 5. The highest BCUT2D eigenvalue weighted by molar-refractivity contribution is 5.87. The largest absolute Gasteiger partial charge is 0.369 e. The quantitative estimate of drug-likeness (QED) is 0.519. The van der Waals surface area contributed by atoms with Gasteiger partial charge in [-0.2, -0.15) is 15.1 Å². The Kier molecular flexibility index (Phi) is 5.16. The van der Waals surface area contributed by atoms with Crippen LogP contribution in [-0.4, -0.2) is 39.8 Å². The third-order valence-electron chi connectivity index (χ3n) is 5.92. The summed E-state index contributed by atoms with van der Waals surface area (Å²) < 4.78 is 0. The highest BCUT2D eigenvalue weighted by Crippen LogP contribution is 2.30. The summed E-state index contributed by atoms with van der Waals surface area (Å²) in [6, 6.07) is 17.5. The molecule has 0 saturated heterocycles. The number of rotatable bonds is 5. The molecule has 158 valence electrons. The van der Waals surface area contributed by atoms with Gasteiger partial charge in [-0.25, -0.2) is 0 Å². The minimum atomic E-state index is 0.263. The average molecular weight is 414 g/mol. The van der Waals surface area contributed by atoms with Gasteiger partial charge in [-0.1, -0.05) is 48.0 Å². The van der Waals surface area contributed by atoms with Gasteiger partial charge < -0.3 is 15.5 Å². The number of anilines is 3. The molecule has 0 atom stereocenters. The van der Waals surface area contributed by atoms with E-state index in [4.69, 9.17) is 5.73 Å². The van der Waals surface area contributed by atoms with Gasteiger partial charge in [-0.15, -0.1) is 0 Å². The number of hydrogen-bond acceptors (Lipinski definition) is 6. The van der Waals surface area contributed by atoms with Gasteiger partial charge in [-0.05, 0) is 37.0 Å². The first-order valence-electron chi connectivity index (χ1n) is 10.8. The molecule has 0 unspecified atom stereocenters. The third kappa shape index (κ3) is 4.03. The minimum Gasteiger partial charge on any atom is -0.369 e. The van der Waals surface area contributed by atoms with Crippen LogP contribution < -0.4 is 15.5 Å². The van der Waals surface area contributed by atoms with Gasteiger partial charge in [0.05, 0.1) is 11.6 Å². The second-order valence-electron chi connectivity index (χ2n) is 8.17. The highest BCUT2D eigenvalue weighted by atomic mass is 15.3. The van der Waals surface area contributed by atoms with E-state index in [0.717, 1.165) is 50.2 Å². The first-order chi connectivity index (χ1) is 15.2. The summed E-state index contributed by atoms with van der Waals surface area (Å²) in [7, 11) is 0. The molecule has 0 bridgehead atoms. The molecule has 0 spiro atoms. The normalized spacial score (nSPS) is 14.0. The maximum Gasteiger partial charge on any atom is 0.224 e. The van der Waals surface area contributed by atoms with E-state index >= 15 is 0 Å². The molecule has 2 aromatic carbocycles. The number of nitrogens with two attached hydrogens (primary N) is 1. The average Bonchev–Trinajstić information content (AvgIpc) is 3.15. The molecular weight excluding hydrogens is 386 g/mol. The molecule has 0 fully saturated rings. The molecule has 31 heavy (non-hydrogen) atoms. The van der Waals surface area contributed by atoms with Crippen LogP contribution in [0.25, 0.3) is 11.0 Å². The van der Waals surface area contributed by atoms with Crippen LogP contribution in [0, 0.1) is 6.92 Å². The standard InChI is InChI=1S/C24H27N7/c1-17-6-4-7-18(14-17)8-5-11-30-12-13-31(16-19-9-2-3-10-21(19)30)23-20-15-26-29-22(20)27-24(25)28-23/h2-4,6-7,9-10,14-15H,5,8,11-13,16H2,1H3,(H3,25,26,27,28,29). The number of nitrogen functional groups attached to an aromatic ring is 1. The second kappa shape index (κ2) is 8.26. The van der Waals surface area contributed by atoms with Gasteiger partial charge in [0.25, 0.3) is 0 Å². The Bertz CT molecular complexity index is 1200. The van der Waals surface area contributed by atoms with E-state index in [2.05, 4.69) is 85.4 Å². The van der Waals surface area contributed by atoms with Crippen LogP contribution in [0.2, 0.25) is 0 Å². The summed E-state index contributed by atoms with van der Waals surface area (Å²) in [6.07, 6.45) is 3.98. The van der Waals surface area contributed by atoms with Crippen LogP contribution in [0.1, 0.15) is 23.1 Å². The van der Waals surface area contributed by atoms with Crippen molar-refractivity contribution in [3.8, 4) is 0 Å². The Hall–Kier alpha value is -3.61. The van der Waals surface area contributed by atoms with E-state index in [0.29, 0.717) is 5.65 Å². The SMILES string of the molecule is Cc1cccc(CCCN2CCN(c3nc(N)nc4[nH]ncc34)Cc3ccccc32)c1. The van der Waals surface area contributed by atoms with E-state index in [1.165, 1.54) is 22.4 Å². The lowest BCUT2D eigenvalue weighted by Gasteiger charge is -2.25. The summed E-state index contributed by atoms with van der Waals surface area (Å²) >= 11 is 0. The smallest absolute Gasteiger partial charge is 0.224 e. The van der Waals surface area contributed by atoms with Gasteiger partial charge in [0.15, 0.2) is 5.65 Å². The monoisotopic (exact) mass is 413 g/mol. The first-order valence-corrected chi connectivity index (χ1v) is 10.8. The van der Waals surface area contributed by atoms with Gasteiger partial charge in [0.2, 0.25) is 5.95 Å². The molecule has 7 heteroatoms. The number of para-hydroxylation sites is 1. The fourth-order valence-corrected chi connectivity index (χ4v) is 4.43. The predicted molar refractivity (Wildman–Crippen MR) is 125 cm³/mol. The molecule has 0 aliphatic carbocycles. The van der Waals surface area contributed by atoms with Crippen LogP contribution in [-0.2, 0) is 13.0 Å². The van der Waals surface area contributed by atoms with Crippen LogP contribution >= 0.6 is 0 Å². The van der Waals surface area contributed by atoms with Crippen molar-refractivity contribution in [1.82, 2.24) is 20.2 Å². The van der Waals surface area contributed by atoms with Gasteiger partial charge in [0, 0.05) is 31.9 Å². The summed E-state index contributed by atoms with van der Waals surface area (Å²) in [4.78, 5) is 13.6. The second-order valence-corrected chi connectivity index (χ2v) is 8.17. The van der Waals surface area contributed by atoms with E-state index < -0.39 is 0 Å². The predicted octanol–water partition coefficient (Wildman–Crippen LogP) is 3.70. The molecule has 3 N–H and O–H groups in total. The van der Waals surface area contributed by atoms with Crippen molar-refractivity contribution in [2.24, 2.45) is 0 Å². The lowest BCUT2D eigenvalue weighted by molar-refractivity contribution is 0.714. The lowest BCUT2D eigenvalue weighted by atomic mass is 10.1. The maximum absolute atomic E-state index is 5.98. The molecule has 3 heterocycles. The highest BCUT2D eigenvalue weighted by Gasteiger charge is 2.22. The van der Waals surface area contributed by atoms with Crippen molar-refractivity contribution < 1.29 is 0 Å². The molecular formula is C24H27N7. The number of hydrogen-bond donors (Lipinski definition) is 2. The van der Waals surface area contributed by atoms with Crippen LogP contribution in [0.5, 0.6) is 0 Å². The third-order valence-corrected chi connectivity index (χ3v) is 5.92. The van der Waals surface area contributed by atoms with Gasteiger partial charge in [0.1, 0.15) is 5.82 Å². The molecule has 5 rings (SSSR count). The molecule has 0 amide bonds. The van der Waals surface area contributed by atoms with Crippen LogP contribution in [0.15, 0.2) is 54.7 Å². The van der Waals surface area contributed by atoms with Crippen molar-refractivity contribution in [3.63, 3.8) is 0 Å². The first kappa shape index (κ1) is 19.4. The van der Waals surface area contributed by atoms with Crippen LogP contribution in [0.3, 0.4) is 0 Å². The van der Waals surface area contributed by atoms with Crippen molar-refractivity contribution in [1.29, 1.82) is 0 Å². The summed E-state index contributed by atoms with van der Waals surface area (Å²) in [5.74, 6) is 1.10. The zero-order valence-corrected chi connectivity index (χ0v) is 17.8. The van der Waals surface area contributed by atoms with Crippen LogP contribution in [0.4, 0.5) is 17.5 Å². The summed E-state index contributed by atoms with van der Waals surface area (Å²) in [5, 5.41) is 7.95. The number of aryl methyl sites for hydroxylation is 2. The number of nitrogens with one attached hydrogen (secondary N) is 1. The molecule has 0 radical (unpaired) electrons. The molecule has 2 aromatic heterocycles. The summed E-state index contributed by atoms with van der Waals surface area (Å²) in [6.45, 7) is 5.73. The van der Waals surface area contributed by atoms with Crippen molar-refractivity contribution >= 4 is 28.5 Å². The Labute approximate surface area is 181 Å². The molecule has 7 nitrogen and oxygen atoms in total. The zero-order valence-electron chi connectivity index (χ0n) is 17.8. The fraction of sp³-hybridized carbons (Fsp3) is 0.292. The van der Waals surface area contributed by atoms with E-state index in [1.807, 2.05) is 0 Å². The number of benzene rings is 2.